The van der Waals surface area contributed by atoms with E-state index in [-0.39, 0.29) is 28.8 Å². The summed E-state index contributed by atoms with van der Waals surface area (Å²) < 4.78 is 0. The highest BCUT2D eigenvalue weighted by molar-refractivity contribution is 8.93. The highest BCUT2D eigenvalue weighted by Crippen LogP contribution is 2.20. The first-order valence-corrected chi connectivity index (χ1v) is 3.25. The molecule has 1 aromatic rings. The average Bonchev–Trinajstić information content (AvgIpc) is 1.88. The van der Waals surface area contributed by atoms with Crippen LogP contribution in [0.25, 0.3) is 0 Å². The van der Waals surface area contributed by atoms with Crippen molar-refractivity contribution < 1.29 is 5.11 Å². The maximum atomic E-state index is 9.20. The number of benzene rings is 1. The maximum absolute atomic E-state index is 9.20. The summed E-state index contributed by atoms with van der Waals surface area (Å²) in [5.74, 6) is 0.275. The van der Waals surface area contributed by atoms with Crippen LogP contribution < -0.4 is 5.73 Å². The third kappa shape index (κ3) is 2.52. The lowest BCUT2D eigenvalue weighted by atomic mass is 10.1. The van der Waals surface area contributed by atoms with Crippen LogP contribution in [0.3, 0.4) is 0 Å². The summed E-state index contributed by atoms with van der Waals surface area (Å²) in [4.78, 5) is 0. The molecule has 0 heterocycles. The molecule has 0 fully saturated rings. The molecule has 0 spiro atoms. The Morgan fingerprint density at radius 2 is 1.91 bits per heavy atom. The van der Waals surface area contributed by atoms with Crippen molar-refractivity contribution in [1.29, 1.82) is 0 Å². The van der Waals surface area contributed by atoms with Crippen LogP contribution in [0.2, 0.25) is 0 Å². The molecule has 0 aromatic heterocycles. The fraction of sp³-hybridized carbons (Fsp3) is 0.250. The van der Waals surface area contributed by atoms with Gasteiger partial charge >= 0.3 is 0 Å². The van der Waals surface area contributed by atoms with Gasteiger partial charge in [0.25, 0.3) is 0 Å². The van der Waals surface area contributed by atoms with Crippen molar-refractivity contribution in [3.8, 4) is 5.75 Å². The van der Waals surface area contributed by atoms with Crippen LogP contribution in [0.5, 0.6) is 5.75 Å². The molecule has 0 amide bonds. The fourth-order valence-electron chi connectivity index (χ4n) is 0.873. The van der Waals surface area contributed by atoms with E-state index >= 15 is 0 Å². The normalized spacial score (nSPS) is 11.8. The highest BCUT2D eigenvalue weighted by Gasteiger charge is 2.02. The van der Waals surface area contributed by atoms with Gasteiger partial charge in [-0.3, -0.25) is 0 Å². The second-order valence-corrected chi connectivity index (χ2v) is 2.35. The molecular weight excluding hydrogens is 206 g/mol. The van der Waals surface area contributed by atoms with Crippen molar-refractivity contribution in [2.45, 2.75) is 13.0 Å². The van der Waals surface area contributed by atoms with Crippen molar-refractivity contribution >= 4 is 17.0 Å². The summed E-state index contributed by atoms with van der Waals surface area (Å²) in [5.41, 5.74) is 6.35. The summed E-state index contributed by atoms with van der Waals surface area (Å²) in [6, 6.07) is 7.00. The van der Waals surface area contributed by atoms with Crippen LogP contribution >= 0.6 is 17.0 Å². The standard InChI is InChI=1S/C8H11NO.BrH/c1-6(9)7-4-2-3-5-8(7)10;/h2-6,10H,9H2,1H3;1H. The second kappa shape index (κ2) is 4.36. The van der Waals surface area contributed by atoms with E-state index in [1.54, 1.807) is 12.1 Å². The number of phenols is 1. The van der Waals surface area contributed by atoms with Crippen LogP contribution in [0.1, 0.15) is 18.5 Å². The molecular formula is C8H12BrNO. The third-order valence-corrected chi connectivity index (χ3v) is 1.43. The van der Waals surface area contributed by atoms with E-state index in [2.05, 4.69) is 0 Å². The lowest BCUT2D eigenvalue weighted by Gasteiger charge is -2.06. The number of hydrogen-bond acceptors (Lipinski definition) is 2. The van der Waals surface area contributed by atoms with Crippen molar-refractivity contribution in [3.63, 3.8) is 0 Å². The molecule has 0 bridgehead atoms. The maximum Gasteiger partial charge on any atom is 0.120 e. The minimum Gasteiger partial charge on any atom is -0.508 e. The molecule has 0 saturated carbocycles. The van der Waals surface area contributed by atoms with E-state index in [0.29, 0.717) is 0 Å². The lowest BCUT2D eigenvalue weighted by Crippen LogP contribution is -2.04. The minimum atomic E-state index is -0.0961. The van der Waals surface area contributed by atoms with Gasteiger partial charge in [0.05, 0.1) is 0 Å². The number of hydrogen-bond donors (Lipinski definition) is 2. The quantitative estimate of drug-likeness (QED) is 0.757. The minimum absolute atomic E-state index is 0. The zero-order valence-electron chi connectivity index (χ0n) is 6.32. The zero-order chi connectivity index (χ0) is 7.56. The van der Waals surface area contributed by atoms with Crippen molar-refractivity contribution in [3.05, 3.63) is 29.8 Å². The molecule has 0 saturated heterocycles. The number of halogens is 1. The molecule has 1 atom stereocenters. The van der Waals surface area contributed by atoms with E-state index in [4.69, 9.17) is 5.73 Å². The second-order valence-electron chi connectivity index (χ2n) is 2.35. The first-order chi connectivity index (χ1) is 4.72. The Kier molecular flexibility index (Phi) is 4.15. The van der Waals surface area contributed by atoms with Gasteiger partial charge < -0.3 is 10.8 Å². The van der Waals surface area contributed by atoms with Gasteiger partial charge in [0.1, 0.15) is 5.75 Å². The molecule has 0 radical (unpaired) electrons. The summed E-state index contributed by atoms with van der Waals surface area (Å²) in [6.45, 7) is 1.84. The van der Waals surface area contributed by atoms with Crippen LogP contribution in [-0.4, -0.2) is 5.11 Å². The molecule has 3 N–H and O–H groups in total. The summed E-state index contributed by atoms with van der Waals surface area (Å²) >= 11 is 0. The van der Waals surface area contributed by atoms with Gasteiger partial charge in [-0.2, -0.15) is 0 Å². The molecule has 2 nitrogen and oxygen atoms in total. The van der Waals surface area contributed by atoms with Crippen LogP contribution in [-0.2, 0) is 0 Å². The topological polar surface area (TPSA) is 46.2 Å². The average molecular weight is 218 g/mol. The first-order valence-electron chi connectivity index (χ1n) is 3.25. The molecule has 3 heteroatoms. The Bertz CT molecular complexity index is 225. The highest BCUT2D eigenvalue weighted by atomic mass is 79.9. The SMILES string of the molecule is Br.CC(N)c1ccccc1O. The Balaban J connectivity index is 0.000001000. The van der Waals surface area contributed by atoms with E-state index in [0.717, 1.165) is 5.56 Å². The van der Waals surface area contributed by atoms with Gasteiger partial charge in [0.15, 0.2) is 0 Å². The van der Waals surface area contributed by atoms with E-state index < -0.39 is 0 Å². The smallest absolute Gasteiger partial charge is 0.120 e. The van der Waals surface area contributed by atoms with E-state index in [9.17, 15) is 5.11 Å². The number of rotatable bonds is 1. The van der Waals surface area contributed by atoms with Gasteiger partial charge in [-0.1, -0.05) is 18.2 Å². The number of nitrogens with two attached hydrogens (primary N) is 1. The number of phenolic OH excluding ortho intramolecular Hbond substituents is 1. The van der Waals surface area contributed by atoms with Crippen molar-refractivity contribution in [2.24, 2.45) is 5.73 Å². The van der Waals surface area contributed by atoms with Gasteiger partial charge in [-0.05, 0) is 13.0 Å². The zero-order valence-corrected chi connectivity index (χ0v) is 8.03. The van der Waals surface area contributed by atoms with Crippen LogP contribution in [0.15, 0.2) is 24.3 Å². The molecule has 0 aliphatic heterocycles. The Morgan fingerprint density at radius 1 is 1.36 bits per heavy atom. The molecule has 1 aromatic carbocycles. The Morgan fingerprint density at radius 3 is 2.27 bits per heavy atom. The van der Waals surface area contributed by atoms with Crippen molar-refractivity contribution in [2.75, 3.05) is 0 Å². The molecule has 11 heavy (non-hydrogen) atoms. The van der Waals surface area contributed by atoms with Crippen LogP contribution in [0.4, 0.5) is 0 Å². The van der Waals surface area contributed by atoms with Gasteiger partial charge in [-0.25, -0.2) is 0 Å². The molecule has 1 unspecified atom stereocenters. The predicted octanol–water partition coefficient (Wildman–Crippen LogP) is 1.99. The number of aromatic hydroxyl groups is 1. The Labute approximate surface area is 76.8 Å². The molecule has 62 valence electrons. The predicted molar refractivity (Wildman–Crippen MR) is 51.0 cm³/mol. The number of para-hydroxylation sites is 1. The Hall–Kier alpha value is -0.540. The van der Waals surface area contributed by atoms with Gasteiger partial charge in [0, 0.05) is 11.6 Å². The van der Waals surface area contributed by atoms with Gasteiger partial charge in [-0.15, -0.1) is 17.0 Å². The van der Waals surface area contributed by atoms with Gasteiger partial charge in [0.2, 0.25) is 0 Å². The van der Waals surface area contributed by atoms with Crippen LogP contribution in [0, 0.1) is 0 Å². The van der Waals surface area contributed by atoms with Crippen molar-refractivity contribution in [1.82, 2.24) is 0 Å². The van der Waals surface area contributed by atoms with E-state index in [1.165, 1.54) is 0 Å². The third-order valence-electron chi connectivity index (χ3n) is 1.43. The largest absolute Gasteiger partial charge is 0.508 e. The first kappa shape index (κ1) is 10.5. The molecule has 1 rings (SSSR count). The molecule has 0 aliphatic carbocycles. The lowest BCUT2D eigenvalue weighted by molar-refractivity contribution is 0.464. The molecule has 0 aliphatic rings. The monoisotopic (exact) mass is 217 g/mol. The van der Waals surface area contributed by atoms with E-state index in [1.807, 2.05) is 19.1 Å². The fourth-order valence-corrected chi connectivity index (χ4v) is 0.873. The summed E-state index contributed by atoms with van der Waals surface area (Å²) in [6.07, 6.45) is 0. The summed E-state index contributed by atoms with van der Waals surface area (Å²) in [7, 11) is 0. The summed E-state index contributed by atoms with van der Waals surface area (Å²) in [5, 5.41) is 9.20.